The van der Waals surface area contributed by atoms with E-state index in [4.69, 9.17) is 18.9 Å². The van der Waals surface area contributed by atoms with Crippen molar-refractivity contribution < 1.29 is 23.7 Å². The number of ether oxygens (including phenoxy) is 4. The Labute approximate surface area is 153 Å². The number of Topliss-reactive ketones (excluding diaryl/α,β-unsaturated/α-hetero) is 1. The third-order valence-electron chi connectivity index (χ3n) is 4.20. The summed E-state index contributed by atoms with van der Waals surface area (Å²) in [6.07, 6.45) is 5.47. The third kappa shape index (κ3) is 3.25. The molecule has 2 aliphatic rings. The highest BCUT2D eigenvalue weighted by atomic mass is 16.5. The van der Waals surface area contributed by atoms with Gasteiger partial charge < -0.3 is 18.9 Å². The van der Waals surface area contributed by atoms with Crippen LogP contribution in [0.15, 0.2) is 76.7 Å². The molecule has 0 radical (unpaired) electrons. The van der Waals surface area contributed by atoms with E-state index < -0.39 is 0 Å². The lowest BCUT2D eigenvalue weighted by molar-refractivity contribution is -0.115. The first kappa shape index (κ1) is 17.9. The van der Waals surface area contributed by atoms with E-state index >= 15 is 0 Å². The number of carbonyl (C=O) groups excluding carboxylic acids is 1. The molecular formula is C21H22O5. The maximum absolute atomic E-state index is 13.0. The lowest BCUT2D eigenvalue weighted by Crippen LogP contribution is -2.20. The van der Waals surface area contributed by atoms with Gasteiger partial charge in [-0.3, -0.25) is 4.79 Å². The van der Waals surface area contributed by atoms with Crippen molar-refractivity contribution in [3.05, 3.63) is 76.7 Å². The molecular weight excluding hydrogens is 332 g/mol. The number of unbranched alkanes of at least 4 members (excludes halogenated alkanes) is 1. The number of para-hydroxylation sites is 1. The minimum absolute atomic E-state index is 0.117. The molecule has 0 atom stereocenters. The second-order valence-electron chi connectivity index (χ2n) is 5.87. The fourth-order valence-electron chi connectivity index (χ4n) is 2.95. The van der Waals surface area contributed by atoms with Gasteiger partial charge in [-0.1, -0.05) is 37.6 Å². The molecule has 1 heterocycles. The predicted molar refractivity (Wildman–Crippen MR) is 97.2 cm³/mol. The van der Waals surface area contributed by atoms with E-state index in [2.05, 4.69) is 13.0 Å². The summed E-state index contributed by atoms with van der Waals surface area (Å²) in [7, 11) is 2.94. The summed E-state index contributed by atoms with van der Waals surface area (Å²) in [5.41, 5.74) is 2.08. The highest BCUT2D eigenvalue weighted by Crippen LogP contribution is 2.41. The lowest BCUT2D eigenvalue weighted by atomic mass is 9.90. The normalized spacial score (nSPS) is 19.7. The van der Waals surface area contributed by atoms with Crippen LogP contribution in [0.4, 0.5) is 0 Å². The van der Waals surface area contributed by atoms with E-state index in [1.807, 2.05) is 30.3 Å². The molecule has 0 saturated heterocycles. The Morgan fingerprint density at radius 1 is 1.12 bits per heavy atom. The maximum atomic E-state index is 13.0. The average molecular weight is 354 g/mol. The molecule has 1 aromatic rings. The molecule has 136 valence electrons. The summed E-state index contributed by atoms with van der Waals surface area (Å²) >= 11 is 0. The molecule has 0 bridgehead atoms. The fourth-order valence-corrected chi connectivity index (χ4v) is 2.95. The van der Waals surface area contributed by atoms with Crippen LogP contribution >= 0.6 is 0 Å². The van der Waals surface area contributed by atoms with Crippen LogP contribution in [0.1, 0.15) is 19.8 Å². The number of benzene rings is 1. The molecule has 5 nitrogen and oxygen atoms in total. The summed E-state index contributed by atoms with van der Waals surface area (Å²) < 4.78 is 22.2. The van der Waals surface area contributed by atoms with Crippen LogP contribution in [-0.4, -0.2) is 26.6 Å². The highest BCUT2D eigenvalue weighted by Gasteiger charge is 2.40. The van der Waals surface area contributed by atoms with Gasteiger partial charge >= 0.3 is 0 Å². The van der Waals surface area contributed by atoms with Crippen molar-refractivity contribution in [2.24, 2.45) is 0 Å². The molecule has 1 aliphatic heterocycles. The molecule has 0 saturated carbocycles. The van der Waals surface area contributed by atoms with Gasteiger partial charge in [0, 0.05) is 5.57 Å². The first-order valence-corrected chi connectivity index (χ1v) is 8.57. The molecule has 1 aromatic carbocycles. The number of hydrogen-bond acceptors (Lipinski definition) is 5. The van der Waals surface area contributed by atoms with Gasteiger partial charge in [-0.25, -0.2) is 0 Å². The number of hydrogen-bond donors (Lipinski definition) is 0. The smallest absolute Gasteiger partial charge is 0.235 e. The molecule has 1 aliphatic carbocycles. The van der Waals surface area contributed by atoms with Crippen LogP contribution in [0.2, 0.25) is 0 Å². The van der Waals surface area contributed by atoms with Crippen LogP contribution in [0, 0.1) is 0 Å². The predicted octanol–water partition coefficient (Wildman–Crippen LogP) is 4.05. The SMILES string of the molecule is CCC/C=C1\COC2=C1/C(=C\Oc1ccccc1)C(=O)C(OC)=C2OC. The van der Waals surface area contributed by atoms with E-state index in [0.29, 0.717) is 29.4 Å². The third-order valence-corrected chi connectivity index (χ3v) is 4.20. The Kier molecular flexibility index (Phi) is 5.46. The highest BCUT2D eigenvalue weighted by molar-refractivity contribution is 6.13. The molecule has 0 unspecified atom stereocenters. The molecule has 0 N–H and O–H groups in total. The van der Waals surface area contributed by atoms with Crippen molar-refractivity contribution in [2.75, 3.05) is 20.8 Å². The molecule has 0 fully saturated rings. The number of allylic oxidation sites excluding steroid dienone is 2. The van der Waals surface area contributed by atoms with E-state index in [9.17, 15) is 4.79 Å². The second-order valence-corrected chi connectivity index (χ2v) is 5.87. The Balaban J connectivity index is 2.07. The Hall–Kier alpha value is -2.95. The van der Waals surface area contributed by atoms with E-state index in [-0.39, 0.29) is 11.5 Å². The summed E-state index contributed by atoms with van der Waals surface area (Å²) in [5.74, 6) is 1.32. The molecule has 3 rings (SSSR count). The lowest BCUT2D eigenvalue weighted by Gasteiger charge is -2.20. The zero-order chi connectivity index (χ0) is 18.5. The topological polar surface area (TPSA) is 54.0 Å². The van der Waals surface area contributed by atoms with Crippen molar-refractivity contribution in [1.82, 2.24) is 0 Å². The zero-order valence-corrected chi connectivity index (χ0v) is 15.2. The Morgan fingerprint density at radius 2 is 1.85 bits per heavy atom. The summed E-state index contributed by atoms with van der Waals surface area (Å²) in [5, 5.41) is 0. The zero-order valence-electron chi connectivity index (χ0n) is 15.2. The van der Waals surface area contributed by atoms with Crippen LogP contribution in [0.5, 0.6) is 5.75 Å². The van der Waals surface area contributed by atoms with Crippen LogP contribution in [0.3, 0.4) is 0 Å². The monoisotopic (exact) mass is 354 g/mol. The Bertz CT molecular complexity index is 812. The van der Waals surface area contributed by atoms with Crippen molar-refractivity contribution in [3.63, 3.8) is 0 Å². The number of carbonyl (C=O) groups is 1. The van der Waals surface area contributed by atoms with Gasteiger partial charge in [0.25, 0.3) is 0 Å². The molecule has 0 amide bonds. The summed E-state index contributed by atoms with van der Waals surface area (Å²) in [6, 6.07) is 9.30. The minimum Gasteiger partial charge on any atom is -0.490 e. The van der Waals surface area contributed by atoms with Gasteiger partial charge in [-0.05, 0) is 24.1 Å². The summed E-state index contributed by atoms with van der Waals surface area (Å²) in [4.78, 5) is 13.0. The standard InChI is InChI=1S/C21H22O5/c1-4-5-9-14-12-26-19-17(14)16(13-25-15-10-7-6-8-11-15)18(22)20(23-2)21(19)24-3/h6-11,13H,4-5,12H2,1-3H3/b14-9+,16-13+. The van der Waals surface area contributed by atoms with Gasteiger partial charge in [0.1, 0.15) is 18.6 Å². The van der Waals surface area contributed by atoms with E-state index in [1.54, 1.807) is 0 Å². The van der Waals surface area contributed by atoms with Crippen LogP contribution in [0.25, 0.3) is 0 Å². The fraction of sp³-hybridized carbons (Fsp3) is 0.286. The first-order valence-electron chi connectivity index (χ1n) is 8.57. The van der Waals surface area contributed by atoms with Crippen molar-refractivity contribution in [2.45, 2.75) is 19.8 Å². The van der Waals surface area contributed by atoms with E-state index in [1.165, 1.54) is 20.5 Å². The van der Waals surface area contributed by atoms with Gasteiger partial charge in [-0.15, -0.1) is 0 Å². The number of rotatable bonds is 6. The van der Waals surface area contributed by atoms with E-state index in [0.717, 1.165) is 24.0 Å². The van der Waals surface area contributed by atoms with Crippen molar-refractivity contribution in [3.8, 4) is 5.75 Å². The molecule has 0 aromatic heterocycles. The quantitative estimate of drug-likeness (QED) is 0.570. The van der Waals surface area contributed by atoms with Crippen molar-refractivity contribution in [1.29, 1.82) is 0 Å². The molecule has 26 heavy (non-hydrogen) atoms. The maximum Gasteiger partial charge on any atom is 0.235 e. The van der Waals surface area contributed by atoms with Crippen molar-refractivity contribution >= 4 is 5.78 Å². The first-order chi connectivity index (χ1) is 12.7. The van der Waals surface area contributed by atoms with Gasteiger partial charge in [0.15, 0.2) is 5.76 Å². The average Bonchev–Trinajstić information content (AvgIpc) is 3.09. The Morgan fingerprint density at radius 3 is 2.50 bits per heavy atom. The second kappa shape index (κ2) is 7.95. The number of methoxy groups -OCH3 is 2. The molecule has 5 heteroatoms. The van der Waals surface area contributed by atoms with Gasteiger partial charge in [0.05, 0.1) is 19.8 Å². The van der Waals surface area contributed by atoms with Crippen LogP contribution < -0.4 is 4.74 Å². The van der Waals surface area contributed by atoms with Gasteiger partial charge in [-0.2, -0.15) is 0 Å². The minimum atomic E-state index is -0.285. The van der Waals surface area contributed by atoms with Crippen LogP contribution in [-0.2, 0) is 19.0 Å². The summed E-state index contributed by atoms with van der Waals surface area (Å²) in [6.45, 7) is 2.50. The van der Waals surface area contributed by atoms with Gasteiger partial charge in [0.2, 0.25) is 17.3 Å². The largest absolute Gasteiger partial charge is 0.490 e. The molecule has 0 spiro atoms. The number of ketones is 1.